The van der Waals surface area contributed by atoms with Crippen LogP contribution < -0.4 is 0 Å². The van der Waals surface area contributed by atoms with Gasteiger partial charge in [-0.05, 0) is 55.0 Å². The molecule has 3 nitrogen and oxygen atoms in total. The van der Waals surface area contributed by atoms with Crippen LogP contribution in [0.2, 0.25) is 0 Å². The van der Waals surface area contributed by atoms with Crippen LogP contribution in [-0.4, -0.2) is 16.0 Å². The number of benzene rings is 1. The molecule has 23 heavy (non-hydrogen) atoms. The summed E-state index contributed by atoms with van der Waals surface area (Å²) in [5.41, 5.74) is 0.905. The molecule has 1 fully saturated rings. The van der Waals surface area contributed by atoms with Gasteiger partial charge < -0.3 is 0 Å². The lowest BCUT2D eigenvalue weighted by Crippen LogP contribution is -2.31. The number of fused-ring (bicyclic) bond motifs is 5. The first-order valence-corrected chi connectivity index (χ1v) is 7.56. The lowest BCUT2D eigenvalue weighted by molar-refractivity contribution is -0.119. The first-order chi connectivity index (χ1) is 11.1. The SMILES string of the molecule is C=CC(=O)[C@]12CC[C@H](C1)c1cc(-c3c(F)cccc3F)nnc12. The van der Waals surface area contributed by atoms with Crippen LogP contribution in [0, 0.1) is 11.6 Å². The molecule has 1 saturated carbocycles. The van der Waals surface area contributed by atoms with Gasteiger partial charge in [-0.25, -0.2) is 8.78 Å². The Balaban J connectivity index is 1.87. The van der Waals surface area contributed by atoms with Crippen LogP contribution in [0.5, 0.6) is 0 Å². The Morgan fingerprint density at radius 3 is 2.74 bits per heavy atom. The maximum absolute atomic E-state index is 14.0. The van der Waals surface area contributed by atoms with Gasteiger partial charge in [0.25, 0.3) is 0 Å². The molecule has 116 valence electrons. The zero-order valence-corrected chi connectivity index (χ0v) is 12.4. The van der Waals surface area contributed by atoms with Gasteiger partial charge in [0.05, 0.1) is 22.4 Å². The molecule has 1 heterocycles. The molecule has 0 N–H and O–H groups in total. The van der Waals surface area contributed by atoms with Gasteiger partial charge >= 0.3 is 0 Å². The summed E-state index contributed by atoms with van der Waals surface area (Å²) in [4.78, 5) is 12.3. The van der Waals surface area contributed by atoms with Gasteiger partial charge in [-0.3, -0.25) is 4.79 Å². The summed E-state index contributed by atoms with van der Waals surface area (Å²) >= 11 is 0. The fourth-order valence-electron chi connectivity index (χ4n) is 4.02. The molecule has 0 unspecified atom stereocenters. The maximum Gasteiger partial charge on any atom is 0.167 e. The number of carbonyl (C=O) groups excluding carboxylic acids is 1. The van der Waals surface area contributed by atoms with Gasteiger partial charge in [-0.2, -0.15) is 5.10 Å². The zero-order valence-electron chi connectivity index (χ0n) is 12.4. The number of hydrogen-bond acceptors (Lipinski definition) is 3. The van der Waals surface area contributed by atoms with Crippen molar-refractivity contribution in [3.8, 4) is 11.3 Å². The smallest absolute Gasteiger partial charge is 0.167 e. The molecule has 0 aliphatic heterocycles. The molecule has 0 amide bonds. The lowest BCUT2D eigenvalue weighted by Gasteiger charge is -2.24. The van der Waals surface area contributed by atoms with Crippen LogP contribution in [0.4, 0.5) is 8.78 Å². The normalized spacial score (nSPS) is 24.5. The summed E-state index contributed by atoms with van der Waals surface area (Å²) < 4.78 is 27.9. The van der Waals surface area contributed by atoms with Gasteiger partial charge in [0.15, 0.2) is 5.78 Å². The molecule has 1 aromatic carbocycles. The first kappa shape index (κ1) is 14.2. The number of carbonyl (C=O) groups is 1. The Morgan fingerprint density at radius 2 is 2.04 bits per heavy atom. The minimum atomic E-state index is -0.667. The van der Waals surface area contributed by atoms with Crippen LogP contribution in [0.3, 0.4) is 0 Å². The van der Waals surface area contributed by atoms with Crippen LogP contribution in [0.15, 0.2) is 36.9 Å². The molecule has 2 atom stereocenters. The summed E-state index contributed by atoms with van der Waals surface area (Å²) in [7, 11) is 0. The second kappa shape index (κ2) is 4.78. The molecule has 0 radical (unpaired) electrons. The highest BCUT2D eigenvalue weighted by molar-refractivity contribution is 6.00. The number of halogens is 2. The van der Waals surface area contributed by atoms with Crippen LogP contribution >= 0.6 is 0 Å². The highest BCUT2D eigenvalue weighted by atomic mass is 19.1. The van der Waals surface area contributed by atoms with E-state index in [0.29, 0.717) is 12.1 Å². The van der Waals surface area contributed by atoms with E-state index in [9.17, 15) is 13.6 Å². The molecule has 0 spiro atoms. The number of rotatable bonds is 3. The van der Waals surface area contributed by atoms with Crippen molar-refractivity contribution in [3.05, 3.63) is 59.8 Å². The van der Waals surface area contributed by atoms with Crippen molar-refractivity contribution in [3.63, 3.8) is 0 Å². The number of allylic oxidation sites excluding steroid dienone is 1. The minimum absolute atomic E-state index is 0.0436. The van der Waals surface area contributed by atoms with E-state index in [2.05, 4.69) is 16.8 Å². The second-order valence-corrected chi connectivity index (χ2v) is 6.22. The van der Waals surface area contributed by atoms with Crippen LogP contribution in [0.1, 0.15) is 36.4 Å². The van der Waals surface area contributed by atoms with E-state index in [0.717, 1.165) is 18.4 Å². The van der Waals surface area contributed by atoms with Gasteiger partial charge in [0.1, 0.15) is 11.6 Å². The summed E-state index contributed by atoms with van der Waals surface area (Å²) in [6.45, 7) is 3.58. The molecule has 4 rings (SSSR count). The zero-order chi connectivity index (χ0) is 16.2. The minimum Gasteiger partial charge on any atom is -0.294 e. The van der Waals surface area contributed by atoms with Crippen molar-refractivity contribution in [2.24, 2.45) is 0 Å². The van der Waals surface area contributed by atoms with Gasteiger partial charge in [0, 0.05) is 0 Å². The van der Waals surface area contributed by atoms with E-state index in [1.807, 2.05) is 0 Å². The van der Waals surface area contributed by atoms with Crippen molar-refractivity contribution in [1.82, 2.24) is 10.2 Å². The third-order valence-corrected chi connectivity index (χ3v) is 5.11. The topological polar surface area (TPSA) is 42.9 Å². The molecule has 0 saturated heterocycles. The Morgan fingerprint density at radius 1 is 1.30 bits per heavy atom. The molecule has 2 aromatic rings. The van der Waals surface area contributed by atoms with E-state index in [1.54, 1.807) is 6.07 Å². The molecule has 2 aliphatic rings. The van der Waals surface area contributed by atoms with E-state index < -0.39 is 17.0 Å². The number of ketones is 1. The summed E-state index contributed by atoms with van der Waals surface area (Å²) in [6.07, 6.45) is 3.63. The standard InChI is InChI=1S/C18H14F2N2O/c1-2-15(23)18-7-6-10(9-18)11-8-14(21-22-17(11)18)16-12(19)4-3-5-13(16)20/h2-5,8,10H,1,6-7,9H2/t10-,18+/m1/s1. The van der Waals surface area contributed by atoms with Crippen molar-refractivity contribution in [1.29, 1.82) is 0 Å². The largest absolute Gasteiger partial charge is 0.294 e. The summed E-state index contributed by atoms with van der Waals surface area (Å²) in [5, 5.41) is 8.20. The summed E-state index contributed by atoms with van der Waals surface area (Å²) in [6, 6.07) is 5.39. The molecule has 2 aliphatic carbocycles. The first-order valence-electron chi connectivity index (χ1n) is 7.56. The fraction of sp³-hybridized carbons (Fsp3) is 0.278. The average Bonchev–Trinajstić information content (AvgIpc) is 3.12. The lowest BCUT2D eigenvalue weighted by atomic mass is 9.79. The van der Waals surface area contributed by atoms with E-state index in [-0.39, 0.29) is 23.0 Å². The molecule has 2 bridgehead atoms. The molecule has 1 aromatic heterocycles. The highest BCUT2D eigenvalue weighted by Gasteiger charge is 2.54. The van der Waals surface area contributed by atoms with Crippen molar-refractivity contribution in [2.45, 2.75) is 30.6 Å². The third-order valence-electron chi connectivity index (χ3n) is 5.11. The van der Waals surface area contributed by atoms with E-state index >= 15 is 0 Å². The van der Waals surface area contributed by atoms with Crippen LogP contribution in [-0.2, 0) is 10.2 Å². The number of nitrogens with zero attached hydrogens (tertiary/aromatic N) is 2. The van der Waals surface area contributed by atoms with Gasteiger partial charge in [-0.15, -0.1) is 5.10 Å². The Labute approximate surface area is 132 Å². The monoisotopic (exact) mass is 312 g/mol. The molecule has 5 heteroatoms. The number of hydrogen-bond donors (Lipinski definition) is 0. The average molecular weight is 312 g/mol. The quantitative estimate of drug-likeness (QED) is 0.812. The maximum atomic E-state index is 14.0. The Hall–Kier alpha value is -2.43. The highest BCUT2D eigenvalue weighted by Crippen LogP contribution is 2.57. The van der Waals surface area contributed by atoms with Crippen molar-refractivity contribution in [2.75, 3.05) is 0 Å². The predicted octanol–water partition coefficient (Wildman–Crippen LogP) is 3.70. The van der Waals surface area contributed by atoms with E-state index in [1.165, 1.54) is 24.3 Å². The summed E-state index contributed by atoms with van der Waals surface area (Å²) in [5.74, 6) is -1.19. The molecular weight excluding hydrogens is 298 g/mol. The van der Waals surface area contributed by atoms with Crippen molar-refractivity contribution >= 4 is 5.78 Å². The Bertz CT molecular complexity index is 829. The second-order valence-electron chi connectivity index (χ2n) is 6.22. The Kier molecular flexibility index (Phi) is 2.95. The van der Waals surface area contributed by atoms with Gasteiger partial charge in [0.2, 0.25) is 0 Å². The van der Waals surface area contributed by atoms with E-state index in [4.69, 9.17) is 0 Å². The molecular formula is C18H14F2N2O. The van der Waals surface area contributed by atoms with Crippen molar-refractivity contribution < 1.29 is 13.6 Å². The van der Waals surface area contributed by atoms with Gasteiger partial charge in [-0.1, -0.05) is 12.6 Å². The predicted molar refractivity (Wildman–Crippen MR) is 80.9 cm³/mol. The van der Waals surface area contributed by atoms with Crippen LogP contribution in [0.25, 0.3) is 11.3 Å². The third kappa shape index (κ3) is 1.82. The fourth-order valence-corrected chi connectivity index (χ4v) is 4.02. The number of aromatic nitrogens is 2.